The molecule has 0 amide bonds. The first-order chi connectivity index (χ1) is 8.60. The molecule has 18 heavy (non-hydrogen) atoms. The van der Waals surface area contributed by atoms with Crippen LogP contribution in [0.4, 0.5) is 4.39 Å². The first-order valence-corrected chi connectivity index (χ1v) is 5.97. The molecule has 2 aromatic rings. The van der Waals surface area contributed by atoms with Crippen LogP contribution in [0.2, 0.25) is 10.0 Å². The van der Waals surface area contributed by atoms with Crippen LogP contribution in [-0.4, -0.2) is 0 Å². The van der Waals surface area contributed by atoms with E-state index in [2.05, 4.69) is 0 Å². The van der Waals surface area contributed by atoms with Gasteiger partial charge in [-0.2, -0.15) is 0 Å². The molecule has 5 heteroatoms. The number of benzene rings is 2. The Morgan fingerprint density at radius 1 is 1.11 bits per heavy atom. The standard InChI is InChI=1S/C13H10Cl2FNO/c14-9-1-4-13(8(5-9)7-17)18-10-2-3-11(15)12(16)6-10/h1-6H,7,17H2. The average molecular weight is 286 g/mol. The van der Waals surface area contributed by atoms with Crippen molar-refractivity contribution in [2.75, 3.05) is 0 Å². The van der Waals surface area contributed by atoms with E-state index in [-0.39, 0.29) is 11.6 Å². The van der Waals surface area contributed by atoms with Gasteiger partial charge in [-0.05, 0) is 30.3 Å². The van der Waals surface area contributed by atoms with Crippen molar-refractivity contribution in [3.8, 4) is 11.5 Å². The number of rotatable bonds is 3. The molecule has 0 spiro atoms. The molecule has 0 unspecified atom stereocenters. The van der Waals surface area contributed by atoms with Crippen LogP contribution >= 0.6 is 23.2 Å². The summed E-state index contributed by atoms with van der Waals surface area (Å²) < 4.78 is 18.8. The molecule has 0 atom stereocenters. The third-order valence-corrected chi connectivity index (χ3v) is 2.90. The van der Waals surface area contributed by atoms with E-state index in [4.69, 9.17) is 33.7 Å². The summed E-state index contributed by atoms with van der Waals surface area (Å²) in [4.78, 5) is 0. The summed E-state index contributed by atoms with van der Waals surface area (Å²) in [5.74, 6) is 0.370. The molecule has 2 aromatic carbocycles. The molecular weight excluding hydrogens is 276 g/mol. The lowest BCUT2D eigenvalue weighted by molar-refractivity contribution is 0.471. The quantitative estimate of drug-likeness (QED) is 0.908. The van der Waals surface area contributed by atoms with E-state index in [1.807, 2.05) is 0 Å². The van der Waals surface area contributed by atoms with Gasteiger partial charge in [0, 0.05) is 23.2 Å². The summed E-state index contributed by atoms with van der Waals surface area (Å²) in [6, 6.07) is 9.32. The summed E-state index contributed by atoms with van der Waals surface area (Å²) >= 11 is 11.5. The van der Waals surface area contributed by atoms with Gasteiger partial charge in [0.2, 0.25) is 0 Å². The van der Waals surface area contributed by atoms with Gasteiger partial charge in [0.25, 0.3) is 0 Å². The lowest BCUT2D eigenvalue weighted by atomic mass is 10.2. The highest BCUT2D eigenvalue weighted by atomic mass is 35.5. The Balaban J connectivity index is 2.30. The van der Waals surface area contributed by atoms with Crippen LogP contribution in [0, 0.1) is 5.82 Å². The summed E-state index contributed by atoms with van der Waals surface area (Å²) in [6.45, 7) is 0.284. The van der Waals surface area contributed by atoms with Gasteiger partial charge in [0.05, 0.1) is 5.02 Å². The number of hydrogen-bond donors (Lipinski definition) is 1. The maximum atomic E-state index is 13.3. The fourth-order valence-electron chi connectivity index (χ4n) is 1.47. The van der Waals surface area contributed by atoms with Crippen molar-refractivity contribution < 1.29 is 9.13 Å². The van der Waals surface area contributed by atoms with Crippen LogP contribution in [0.15, 0.2) is 36.4 Å². The van der Waals surface area contributed by atoms with Crippen LogP contribution in [0.3, 0.4) is 0 Å². The Kier molecular flexibility index (Phi) is 4.07. The normalized spacial score (nSPS) is 10.4. The van der Waals surface area contributed by atoms with Crippen molar-refractivity contribution in [2.45, 2.75) is 6.54 Å². The molecule has 94 valence electrons. The van der Waals surface area contributed by atoms with Gasteiger partial charge in [0.1, 0.15) is 17.3 Å². The molecule has 0 heterocycles. The van der Waals surface area contributed by atoms with Gasteiger partial charge in [-0.1, -0.05) is 23.2 Å². The number of ether oxygens (including phenoxy) is 1. The van der Waals surface area contributed by atoms with E-state index >= 15 is 0 Å². The molecule has 2 rings (SSSR count). The van der Waals surface area contributed by atoms with Crippen molar-refractivity contribution in [3.63, 3.8) is 0 Å². The largest absolute Gasteiger partial charge is 0.457 e. The Bertz CT molecular complexity index is 575. The van der Waals surface area contributed by atoms with Crippen molar-refractivity contribution in [1.82, 2.24) is 0 Å². The number of nitrogens with two attached hydrogens (primary N) is 1. The zero-order chi connectivity index (χ0) is 13.1. The van der Waals surface area contributed by atoms with Crippen LogP contribution < -0.4 is 10.5 Å². The molecule has 2 nitrogen and oxygen atoms in total. The van der Waals surface area contributed by atoms with Gasteiger partial charge in [-0.3, -0.25) is 0 Å². The molecule has 0 radical (unpaired) electrons. The van der Waals surface area contributed by atoms with Gasteiger partial charge >= 0.3 is 0 Å². The van der Waals surface area contributed by atoms with Crippen LogP contribution in [-0.2, 0) is 6.54 Å². The summed E-state index contributed by atoms with van der Waals surface area (Å²) in [6.07, 6.45) is 0. The van der Waals surface area contributed by atoms with E-state index in [0.717, 1.165) is 5.56 Å². The highest BCUT2D eigenvalue weighted by Gasteiger charge is 2.07. The summed E-state index contributed by atoms with van der Waals surface area (Å²) in [5, 5.41) is 0.627. The van der Waals surface area contributed by atoms with Gasteiger partial charge in [0.15, 0.2) is 0 Å². The maximum Gasteiger partial charge on any atom is 0.145 e. The van der Waals surface area contributed by atoms with E-state index in [1.54, 1.807) is 24.3 Å². The fraction of sp³-hybridized carbons (Fsp3) is 0.0769. The monoisotopic (exact) mass is 285 g/mol. The van der Waals surface area contributed by atoms with E-state index < -0.39 is 5.82 Å². The highest BCUT2D eigenvalue weighted by molar-refractivity contribution is 6.31. The second-order valence-electron chi connectivity index (χ2n) is 3.63. The Hall–Kier alpha value is -1.29. The van der Waals surface area contributed by atoms with Crippen LogP contribution in [0.5, 0.6) is 11.5 Å². The molecule has 2 N–H and O–H groups in total. The fourth-order valence-corrected chi connectivity index (χ4v) is 1.79. The molecule has 0 bridgehead atoms. The molecule has 0 aliphatic carbocycles. The molecule has 0 aliphatic heterocycles. The smallest absolute Gasteiger partial charge is 0.145 e. The second-order valence-corrected chi connectivity index (χ2v) is 4.48. The molecule has 0 fully saturated rings. The van der Waals surface area contributed by atoms with Crippen LogP contribution in [0.25, 0.3) is 0 Å². The third-order valence-electron chi connectivity index (χ3n) is 2.36. The second kappa shape index (κ2) is 5.57. The molecule has 0 saturated carbocycles. The first kappa shape index (κ1) is 13.1. The maximum absolute atomic E-state index is 13.3. The van der Waals surface area contributed by atoms with Crippen molar-refractivity contribution in [2.24, 2.45) is 5.73 Å². The van der Waals surface area contributed by atoms with Crippen molar-refractivity contribution in [3.05, 3.63) is 57.8 Å². The van der Waals surface area contributed by atoms with Gasteiger partial charge in [-0.25, -0.2) is 4.39 Å². The number of halogens is 3. The lowest BCUT2D eigenvalue weighted by Gasteiger charge is -2.10. The minimum Gasteiger partial charge on any atom is -0.457 e. The minimum atomic E-state index is -0.530. The topological polar surface area (TPSA) is 35.2 Å². The van der Waals surface area contributed by atoms with Crippen LogP contribution in [0.1, 0.15) is 5.56 Å². The summed E-state index contributed by atoms with van der Waals surface area (Å²) in [7, 11) is 0. The van der Waals surface area contributed by atoms with Crippen molar-refractivity contribution >= 4 is 23.2 Å². The SMILES string of the molecule is NCc1cc(Cl)ccc1Oc1ccc(Cl)c(F)c1. The Labute approximate surface area is 114 Å². The highest BCUT2D eigenvalue weighted by Crippen LogP contribution is 2.29. The minimum absolute atomic E-state index is 0.0532. The molecule has 0 aliphatic rings. The average Bonchev–Trinajstić information content (AvgIpc) is 2.36. The molecule has 0 aromatic heterocycles. The lowest BCUT2D eigenvalue weighted by Crippen LogP contribution is -1.99. The summed E-state index contributed by atoms with van der Waals surface area (Å²) in [5.41, 5.74) is 6.34. The predicted molar refractivity (Wildman–Crippen MR) is 70.8 cm³/mol. The van der Waals surface area contributed by atoms with Gasteiger partial charge in [-0.15, -0.1) is 0 Å². The number of hydrogen-bond acceptors (Lipinski definition) is 2. The molecular formula is C13H10Cl2FNO. The zero-order valence-electron chi connectivity index (χ0n) is 9.29. The zero-order valence-corrected chi connectivity index (χ0v) is 10.8. The Morgan fingerprint density at radius 2 is 1.89 bits per heavy atom. The van der Waals surface area contributed by atoms with E-state index in [9.17, 15) is 4.39 Å². The first-order valence-electron chi connectivity index (χ1n) is 5.21. The van der Waals surface area contributed by atoms with Crippen molar-refractivity contribution in [1.29, 1.82) is 0 Å². The van der Waals surface area contributed by atoms with E-state index in [1.165, 1.54) is 12.1 Å². The predicted octanol–water partition coefficient (Wildman–Crippen LogP) is 4.38. The Morgan fingerprint density at radius 3 is 2.56 bits per heavy atom. The van der Waals surface area contributed by atoms with Gasteiger partial charge < -0.3 is 10.5 Å². The molecule has 0 saturated heterocycles. The van der Waals surface area contributed by atoms with E-state index in [0.29, 0.717) is 16.5 Å². The third kappa shape index (κ3) is 2.93.